The van der Waals surface area contributed by atoms with Crippen LogP contribution < -0.4 is 5.73 Å². The van der Waals surface area contributed by atoms with E-state index in [-0.39, 0.29) is 11.7 Å². The Bertz CT molecular complexity index is 546. The van der Waals surface area contributed by atoms with Crippen LogP contribution in [0.2, 0.25) is 5.02 Å². The average Bonchev–Trinajstić information content (AvgIpc) is 2.89. The first-order valence-electron chi connectivity index (χ1n) is 7.06. The van der Waals surface area contributed by atoms with Crippen LogP contribution in [0, 0.1) is 0 Å². The Balaban J connectivity index is 1.68. The molecular formula is C15H18ClNO3S. The zero-order valence-electron chi connectivity index (χ0n) is 11.6. The van der Waals surface area contributed by atoms with E-state index in [1.54, 1.807) is 18.2 Å². The molecule has 21 heavy (non-hydrogen) atoms. The number of rotatable bonds is 2. The molecule has 0 amide bonds. The summed E-state index contributed by atoms with van der Waals surface area (Å²) in [5.74, 6) is 1.70. The molecule has 0 aromatic heterocycles. The van der Waals surface area contributed by atoms with Crippen LogP contribution in [0.4, 0.5) is 5.69 Å². The van der Waals surface area contributed by atoms with E-state index in [2.05, 4.69) is 0 Å². The number of esters is 1. The van der Waals surface area contributed by atoms with Gasteiger partial charge in [-0.2, -0.15) is 11.8 Å². The van der Waals surface area contributed by atoms with E-state index in [0.29, 0.717) is 22.9 Å². The highest BCUT2D eigenvalue weighted by Gasteiger charge is 2.41. The predicted molar refractivity (Wildman–Crippen MR) is 84.9 cm³/mol. The smallest absolute Gasteiger partial charge is 0.340 e. The number of carbonyl (C=O) groups is 1. The average molecular weight is 328 g/mol. The first kappa shape index (κ1) is 15.0. The van der Waals surface area contributed by atoms with Gasteiger partial charge in [-0.05, 0) is 30.4 Å². The molecule has 114 valence electrons. The van der Waals surface area contributed by atoms with Gasteiger partial charge in [0.1, 0.15) is 6.10 Å². The van der Waals surface area contributed by atoms with Crippen LogP contribution in [-0.2, 0) is 9.47 Å². The second kappa shape index (κ2) is 6.07. The maximum atomic E-state index is 12.3. The minimum Gasteiger partial charge on any atom is -0.459 e. The number of thioether (sulfide) groups is 1. The highest BCUT2D eigenvalue weighted by Crippen LogP contribution is 2.39. The quantitative estimate of drug-likeness (QED) is 0.668. The molecule has 0 radical (unpaired) electrons. The van der Waals surface area contributed by atoms with Crippen LogP contribution in [0.3, 0.4) is 0 Å². The first-order valence-corrected chi connectivity index (χ1v) is 8.59. The summed E-state index contributed by atoms with van der Waals surface area (Å²) in [6, 6.07) is 4.84. The Hall–Kier alpha value is -0.910. The molecular weight excluding hydrogens is 310 g/mol. The van der Waals surface area contributed by atoms with Crippen LogP contribution in [0.25, 0.3) is 0 Å². The molecule has 1 aromatic rings. The topological polar surface area (TPSA) is 61.6 Å². The Morgan fingerprint density at radius 3 is 3.14 bits per heavy atom. The molecule has 6 heteroatoms. The molecule has 1 spiro atoms. The molecule has 2 heterocycles. The first-order chi connectivity index (χ1) is 10.1. The van der Waals surface area contributed by atoms with Gasteiger partial charge >= 0.3 is 5.97 Å². The maximum Gasteiger partial charge on any atom is 0.340 e. The van der Waals surface area contributed by atoms with Crippen molar-refractivity contribution in [2.75, 3.05) is 23.8 Å². The van der Waals surface area contributed by atoms with E-state index in [4.69, 9.17) is 26.8 Å². The molecule has 2 N–H and O–H groups in total. The molecule has 4 nitrogen and oxygen atoms in total. The highest BCUT2D eigenvalue weighted by atomic mass is 35.5. The lowest BCUT2D eigenvalue weighted by atomic mass is 9.91. The summed E-state index contributed by atoms with van der Waals surface area (Å²) in [4.78, 5) is 12.3. The van der Waals surface area contributed by atoms with Crippen LogP contribution in [0.5, 0.6) is 0 Å². The van der Waals surface area contributed by atoms with Gasteiger partial charge in [-0.3, -0.25) is 0 Å². The minimum absolute atomic E-state index is 0.103. The highest BCUT2D eigenvalue weighted by molar-refractivity contribution is 7.99. The number of ether oxygens (including phenoxy) is 2. The molecule has 2 atom stereocenters. The van der Waals surface area contributed by atoms with Crippen molar-refractivity contribution >= 4 is 35.0 Å². The number of benzene rings is 1. The Morgan fingerprint density at radius 1 is 1.52 bits per heavy atom. The molecule has 2 unspecified atom stereocenters. The molecule has 0 bridgehead atoms. The SMILES string of the molecule is Nc1ccc(Cl)cc1C(=O)OC1CCOC2(CCSC2)C1. The van der Waals surface area contributed by atoms with Crippen molar-refractivity contribution in [3.63, 3.8) is 0 Å². The second-order valence-electron chi connectivity index (χ2n) is 5.59. The standard InChI is InChI=1S/C15H18ClNO3S/c16-10-1-2-13(17)12(7-10)14(18)20-11-3-5-19-15(8-11)4-6-21-9-15/h1-2,7,11H,3-6,8-9,17H2. The Kier molecular flexibility index (Phi) is 4.33. The van der Waals surface area contributed by atoms with E-state index in [1.165, 1.54) is 0 Å². The van der Waals surface area contributed by atoms with Gasteiger partial charge < -0.3 is 15.2 Å². The zero-order chi connectivity index (χ0) is 14.9. The van der Waals surface area contributed by atoms with Crippen molar-refractivity contribution in [1.82, 2.24) is 0 Å². The fourth-order valence-corrected chi connectivity index (χ4v) is 4.42. The number of carbonyl (C=O) groups excluding carboxylic acids is 1. The molecule has 2 aliphatic heterocycles. The van der Waals surface area contributed by atoms with Crippen molar-refractivity contribution in [1.29, 1.82) is 0 Å². The van der Waals surface area contributed by atoms with E-state index in [1.807, 2.05) is 11.8 Å². The summed E-state index contributed by atoms with van der Waals surface area (Å²) in [6.45, 7) is 0.642. The van der Waals surface area contributed by atoms with Crippen LogP contribution in [-0.4, -0.2) is 35.8 Å². The van der Waals surface area contributed by atoms with E-state index in [9.17, 15) is 4.79 Å². The van der Waals surface area contributed by atoms with Gasteiger partial charge in [0, 0.05) is 29.3 Å². The minimum atomic E-state index is -0.400. The van der Waals surface area contributed by atoms with Crippen LogP contribution >= 0.6 is 23.4 Å². The predicted octanol–water partition coefficient (Wildman–Crippen LogP) is 3.13. The Labute approximate surface area is 133 Å². The van der Waals surface area contributed by atoms with E-state index in [0.717, 1.165) is 30.8 Å². The summed E-state index contributed by atoms with van der Waals surface area (Å²) in [5, 5.41) is 0.479. The van der Waals surface area contributed by atoms with Gasteiger partial charge in [0.15, 0.2) is 0 Å². The number of nitrogens with two attached hydrogens (primary N) is 1. The molecule has 0 aliphatic carbocycles. The lowest BCUT2D eigenvalue weighted by molar-refractivity contribution is -0.106. The number of nitrogen functional groups attached to an aromatic ring is 1. The number of anilines is 1. The fraction of sp³-hybridized carbons (Fsp3) is 0.533. The molecule has 3 rings (SSSR count). The molecule has 2 saturated heterocycles. The molecule has 1 aromatic carbocycles. The van der Waals surface area contributed by atoms with Gasteiger partial charge in [-0.1, -0.05) is 11.6 Å². The van der Waals surface area contributed by atoms with Gasteiger partial charge in [-0.25, -0.2) is 4.79 Å². The van der Waals surface area contributed by atoms with Crippen molar-refractivity contribution in [2.24, 2.45) is 0 Å². The zero-order valence-corrected chi connectivity index (χ0v) is 13.2. The normalized spacial score (nSPS) is 28.7. The number of hydrogen-bond acceptors (Lipinski definition) is 5. The lowest BCUT2D eigenvalue weighted by Gasteiger charge is -2.37. The van der Waals surface area contributed by atoms with Gasteiger partial charge in [0.2, 0.25) is 0 Å². The summed E-state index contributed by atoms with van der Waals surface area (Å²) in [6.07, 6.45) is 2.43. The molecule has 0 saturated carbocycles. The summed E-state index contributed by atoms with van der Waals surface area (Å²) in [7, 11) is 0. The third-order valence-corrected chi connectivity index (χ3v) is 5.48. The third kappa shape index (κ3) is 3.30. The van der Waals surface area contributed by atoms with E-state index < -0.39 is 5.97 Å². The lowest BCUT2D eigenvalue weighted by Crippen LogP contribution is -2.43. The number of hydrogen-bond donors (Lipinski definition) is 1. The van der Waals surface area contributed by atoms with Gasteiger partial charge in [0.05, 0.1) is 17.8 Å². The maximum absolute atomic E-state index is 12.3. The third-order valence-electron chi connectivity index (χ3n) is 4.02. The second-order valence-corrected chi connectivity index (χ2v) is 7.13. The monoisotopic (exact) mass is 327 g/mol. The van der Waals surface area contributed by atoms with Crippen molar-refractivity contribution in [2.45, 2.75) is 31.0 Å². The fourth-order valence-electron chi connectivity index (χ4n) is 2.87. The van der Waals surface area contributed by atoms with Crippen LogP contribution in [0.1, 0.15) is 29.6 Å². The summed E-state index contributed by atoms with van der Waals surface area (Å²) >= 11 is 7.81. The summed E-state index contributed by atoms with van der Waals surface area (Å²) in [5.41, 5.74) is 6.45. The van der Waals surface area contributed by atoms with Crippen molar-refractivity contribution in [3.05, 3.63) is 28.8 Å². The molecule has 2 fully saturated rings. The van der Waals surface area contributed by atoms with Crippen molar-refractivity contribution in [3.8, 4) is 0 Å². The molecule has 2 aliphatic rings. The van der Waals surface area contributed by atoms with Gasteiger partial charge in [0.25, 0.3) is 0 Å². The van der Waals surface area contributed by atoms with E-state index >= 15 is 0 Å². The Morgan fingerprint density at radius 2 is 2.38 bits per heavy atom. The van der Waals surface area contributed by atoms with Gasteiger partial charge in [-0.15, -0.1) is 0 Å². The largest absolute Gasteiger partial charge is 0.459 e. The summed E-state index contributed by atoms with van der Waals surface area (Å²) < 4.78 is 11.6. The van der Waals surface area contributed by atoms with Crippen molar-refractivity contribution < 1.29 is 14.3 Å². The number of halogens is 1. The van der Waals surface area contributed by atoms with Crippen LogP contribution in [0.15, 0.2) is 18.2 Å².